The van der Waals surface area contributed by atoms with Gasteiger partial charge in [0, 0.05) is 19.1 Å². The quantitative estimate of drug-likeness (QED) is 0.715. The molecule has 6 nitrogen and oxygen atoms in total. The predicted octanol–water partition coefficient (Wildman–Crippen LogP) is 0.630. The van der Waals surface area contributed by atoms with Gasteiger partial charge in [-0.2, -0.15) is 0 Å². The third-order valence-electron chi connectivity index (χ3n) is 2.20. The molecule has 0 aliphatic carbocycles. The minimum Gasteiger partial charge on any atom is -0.467 e. The van der Waals surface area contributed by atoms with E-state index in [0.29, 0.717) is 16.6 Å². The number of ether oxygens (including phenoxy) is 1. The second-order valence-corrected chi connectivity index (χ2v) is 6.16. The third kappa shape index (κ3) is 6.00. The first kappa shape index (κ1) is 15.9. The zero-order valence-electron chi connectivity index (χ0n) is 11.7. The highest BCUT2D eigenvalue weighted by atomic mass is 32.1. The summed E-state index contributed by atoms with van der Waals surface area (Å²) in [5.41, 5.74) is -0.0471. The van der Waals surface area contributed by atoms with E-state index >= 15 is 0 Å². The molecule has 7 heteroatoms. The second kappa shape index (κ2) is 6.83. The number of hydrogen-bond acceptors (Lipinski definition) is 6. The topological polar surface area (TPSA) is 83.5 Å². The standard InChI is InChI=1S/C12H21N3O3S/c1-12(2,3)15-5-8(16)7-18-11-14-6-9(19-11)10(17)13-4/h6,8,15-16H,5,7H2,1-4H3,(H,13,17). The van der Waals surface area contributed by atoms with Crippen molar-refractivity contribution in [2.45, 2.75) is 32.4 Å². The molecule has 1 aromatic heterocycles. The first-order valence-electron chi connectivity index (χ1n) is 6.05. The minimum atomic E-state index is -0.619. The van der Waals surface area contributed by atoms with Crippen molar-refractivity contribution in [2.75, 3.05) is 20.2 Å². The largest absolute Gasteiger partial charge is 0.467 e. The molecule has 19 heavy (non-hydrogen) atoms. The van der Waals surface area contributed by atoms with Crippen molar-refractivity contribution in [1.82, 2.24) is 15.6 Å². The van der Waals surface area contributed by atoms with Gasteiger partial charge in [-0.25, -0.2) is 4.98 Å². The summed E-state index contributed by atoms with van der Waals surface area (Å²) in [4.78, 5) is 15.8. The van der Waals surface area contributed by atoms with Gasteiger partial charge in [0.15, 0.2) is 0 Å². The van der Waals surface area contributed by atoms with E-state index in [0.717, 1.165) is 11.3 Å². The number of β-amino-alcohol motifs (C(OH)–C–C–N with tert-alkyl or cyclic N) is 1. The Morgan fingerprint density at radius 2 is 2.26 bits per heavy atom. The SMILES string of the molecule is CNC(=O)c1cnc(OCC(O)CNC(C)(C)C)s1. The molecule has 1 unspecified atom stereocenters. The van der Waals surface area contributed by atoms with E-state index in [1.54, 1.807) is 7.05 Å². The number of hydrogen-bond donors (Lipinski definition) is 3. The maximum Gasteiger partial charge on any atom is 0.273 e. The summed E-state index contributed by atoms with van der Waals surface area (Å²) < 4.78 is 5.35. The minimum absolute atomic E-state index is 0.0471. The Morgan fingerprint density at radius 3 is 2.84 bits per heavy atom. The van der Waals surface area contributed by atoms with Crippen LogP contribution in [-0.4, -0.2) is 47.8 Å². The monoisotopic (exact) mass is 287 g/mol. The molecule has 108 valence electrons. The van der Waals surface area contributed by atoms with Gasteiger partial charge in [0.2, 0.25) is 0 Å². The molecular formula is C12H21N3O3S. The summed E-state index contributed by atoms with van der Waals surface area (Å²) in [5.74, 6) is -0.192. The zero-order chi connectivity index (χ0) is 14.5. The molecule has 0 bridgehead atoms. The molecule has 0 radical (unpaired) electrons. The highest BCUT2D eigenvalue weighted by Gasteiger charge is 2.14. The maximum absolute atomic E-state index is 11.3. The van der Waals surface area contributed by atoms with Crippen molar-refractivity contribution < 1.29 is 14.6 Å². The fourth-order valence-corrected chi connectivity index (χ4v) is 1.92. The predicted molar refractivity (Wildman–Crippen MR) is 74.8 cm³/mol. The normalized spacial score (nSPS) is 13.1. The smallest absolute Gasteiger partial charge is 0.273 e. The molecule has 0 spiro atoms. The molecule has 0 fully saturated rings. The van der Waals surface area contributed by atoms with Crippen LogP contribution < -0.4 is 15.4 Å². The molecule has 1 amide bonds. The van der Waals surface area contributed by atoms with Gasteiger partial charge in [0.25, 0.3) is 11.1 Å². The average Bonchev–Trinajstić information content (AvgIpc) is 2.80. The van der Waals surface area contributed by atoms with E-state index in [4.69, 9.17) is 4.74 Å². The number of thiazole rings is 1. The van der Waals surface area contributed by atoms with Crippen molar-refractivity contribution in [3.63, 3.8) is 0 Å². The summed E-state index contributed by atoms with van der Waals surface area (Å²) in [5, 5.41) is 15.8. The van der Waals surface area contributed by atoms with E-state index in [2.05, 4.69) is 15.6 Å². The number of nitrogens with zero attached hydrogens (tertiary/aromatic N) is 1. The Kier molecular flexibility index (Phi) is 5.71. The van der Waals surface area contributed by atoms with Crippen molar-refractivity contribution >= 4 is 17.2 Å². The van der Waals surface area contributed by atoms with E-state index in [1.165, 1.54) is 6.20 Å². The zero-order valence-corrected chi connectivity index (χ0v) is 12.5. The van der Waals surface area contributed by atoms with E-state index in [-0.39, 0.29) is 18.1 Å². The Hall–Kier alpha value is -1.18. The number of rotatable bonds is 6. The maximum atomic E-state index is 11.3. The van der Waals surface area contributed by atoms with Crippen LogP contribution >= 0.6 is 11.3 Å². The molecule has 0 saturated heterocycles. The lowest BCUT2D eigenvalue weighted by atomic mass is 10.1. The molecule has 0 aliphatic heterocycles. The van der Waals surface area contributed by atoms with Crippen LogP contribution in [0.3, 0.4) is 0 Å². The number of nitrogens with one attached hydrogen (secondary N) is 2. The molecule has 0 aliphatic rings. The van der Waals surface area contributed by atoms with Crippen LogP contribution in [0.1, 0.15) is 30.4 Å². The molecular weight excluding hydrogens is 266 g/mol. The molecule has 0 aromatic carbocycles. The van der Waals surface area contributed by atoms with Crippen LogP contribution in [0.15, 0.2) is 6.20 Å². The van der Waals surface area contributed by atoms with Crippen LogP contribution in [-0.2, 0) is 0 Å². The van der Waals surface area contributed by atoms with Gasteiger partial charge >= 0.3 is 0 Å². The van der Waals surface area contributed by atoms with Crippen LogP contribution in [0.25, 0.3) is 0 Å². The molecule has 3 N–H and O–H groups in total. The first-order valence-corrected chi connectivity index (χ1v) is 6.87. The van der Waals surface area contributed by atoms with Gasteiger partial charge in [-0.3, -0.25) is 4.79 Å². The van der Waals surface area contributed by atoms with Crippen molar-refractivity contribution in [3.8, 4) is 5.19 Å². The second-order valence-electron chi connectivity index (χ2n) is 5.17. The van der Waals surface area contributed by atoms with E-state index in [9.17, 15) is 9.90 Å². The number of aliphatic hydroxyl groups excluding tert-OH is 1. The van der Waals surface area contributed by atoms with Crippen molar-refractivity contribution in [2.24, 2.45) is 0 Å². The Balaban J connectivity index is 2.36. The summed E-state index contributed by atoms with van der Waals surface area (Å²) in [6, 6.07) is 0. The fourth-order valence-electron chi connectivity index (χ4n) is 1.20. The number of aliphatic hydroxyl groups is 1. The molecule has 1 atom stereocenters. The highest BCUT2D eigenvalue weighted by Crippen LogP contribution is 2.20. The average molecular weight is 287 g/mol. The van der Waals surface area contributed by atoms with Gasteiger partial charge < -0.3 is 20.5 Å². The van der Waals surface area contributed by atoms with Gasteiger partial charge in [-0.1, -0.05) is 11.3 Å². The van der Waals surface area contributed by atoms with Crippen molar-refractivity contribution in [3.05, 3.63) is 11.1 Å². The van der Waals surface area contributed by atoms with Gasteiger partial charge in [0.05, 0.1) is 6.20 Å². The lowest BCUT2D eigenvalue weighted by molar-refractivity contribution is 0.0967. The van der Waals surface area contributed by atoms with E-state index < -0.39 is 6.10 Å². The summed E-state index contributed by atoms with van der Waals surface area (Å²) in [7, 11) is 1.56. The summed E-state index contributed by atoms with van der Waals surface area (Å²) in [6.07, 6.45) is 0.838. The van der Waals surface area contributed by atoms with Gasteiger partial charge in [-0.05, 0) is 20.8 Å². The van der Waals surface area contributed by atoms with Gasteiger partial charge in [0.1, 0.15) is 17.6 Å². The Labute approximate surface area is 117 Å². The summed E-state index contributed by atoms with van der Waals surface area (Å²) in [6.45, 7) is 6.66. The van der Waals surface area contributed by atoms with E-state index in [1.807, 2.05) is 20.8 Å². The number of amides is 1. The summed E-state index contributed by atoms with van der Waals surface area (Å²) >= 11 is 1.15. The van der Waals surface area contributed by atoms with Crippen LogP contribution in [0.4, 0.5) is 0 Å². The Morgan fingerprint density at radius 1 is 1.58 bits per heavy atom. The first-order chi connectivity index (χ1) is 8.81. The molecule has 1 aromatic rings. The lowest BCUT2D eigenvalue weighted by Gasteiger charge is -2.22. The number of aromatic nitrogens is 1. The fraction of sp³-hybridized carbons (Fsp3) is 0.667. The molecule has 0 saturated carbocycles. The Bertz CT molecular complexity index is 415. The molecule has 1 heterocycles. The van der Waals surface area contributed by atoms with Crippen LogP contribution in [0.2, 0.25) is 0 Å². The van der Waals surface area contributed by atoms with Crippen molar-refractivity contribution in [1.29, 1.82) is 0 Å². The van der Waals surface area contributed by atoms with Crippen LogP contribution in [0.5, 0.6) is 5.19 Å². The third-order valence-corrected chi connectivity index (χ3v) is 3.11. The highest BCUT2D eigenvalue weighted by molar-refractivity contribution is 7.15. The number of carbonyl (C=O) groups is 1. The molecule has 1 rings (SSSR count). The van der Waals surface area contributed by atoms with Gasteiger partial charge in [-0.15, -0.1) is 0 Å². The lowest BCUT2D eigenvalue weighted by Crippen LogP contribution is -2.42. The number of carbonyl (C=O) groups excluding carboxylic acids is 1. The van der Waals surface area contributed by atoms with Crippen LogP contribution in [0, 0.1) is 0 Å².